The van der Waals surface area contributed by atoms with Crippen molar-refractivity contribution in [3.63, 3.8) is 0 Å². The molecule has 0 spiro atoms. The molecule has 0 bridgehead atoms. The Morgan fingerprint density at radius 1 is 1.05 bits per heavy atom. The van der Waals surface area contributed by atoms with Crippen molar-refractivity contribution in [2.24, 2.45) is 0 Å². The van der Waals surface area contributed by atoms with Gasteiger partial charge >= 0.3 is 5.97 Å². The predicted octanol–water partition coefficient (Wildman–Crippen LogP) is 2.20. The lowest BCUT2D eigenvalue weighted by atomic mass is 10.2. The SMILES string of the molecule is CCCCOCCOCCO.O=C(O)c1ccccc1. The fourth-order valence-corrected chi connectivity index (χ4v) is 1.21. The fourth-order valence-electron chi connectivity index (χ4n) is 1.21. The van der Waals surface area contributed by atoms with E-state index in [9.17, 15) is 4.79 Å². The molecule has 0 fully saturated rings. The second kappa shape index (κ2) is 14.0. The molecular weight excluding hydrogens is 260 g/mol. The van der Waals surface area contributed by atoms with E-state index in [0.717, 1.165) is 19.4 Å². The summed E-state index contributed by atoms with van der Waals surface area (Å²) in [6, 6.07) is 8.30. The van der Waals surface area contributed by atoms with Gasteiger partial charge in [-0.05, 0) is 18.6 Å². The van der Waals surface area contributed by atoms with E-state index in [1.165, 1.54) is 0 Å². The third kappa shape index (κ3) is 11.6. The second-order valence-electron chi connectivity index (χ2n) is 3.97. The number of aliphatic hydroxyl groups is 1. The summed E-state index contributed by atoms with van der Waals surface area (Å²) in [6.45, 7) is 4.68. The largest absolute Gasteiger partial charge is 0.478 e. The van der Waals surface area contributed by atoms with Crippen molar-refractivity contribution in [2.45, 2.75) is 19.8 Å². The normalized spacial score (nSPS) is 9.70. The van der Waals surface area contributed by atoms with E-state index in [4.69, 9.17) is 19.7 Å². The van der Waals surface area contributed by atoms with Gasteiger partial charge in [-0.2, -0.15) is 0 Å². The molecule has 0 unspecified atom stereocenters. The Labute approximate surface area is 120 Å². The number of carbonyl (C=O) groups is 1. The lowest BCUT2D eigenvalue weighted by Crippen LogP contribution is -2.07. The van der Waals surface area contributed by atoms with Gasteiger partial charge in [0.25, 0.3) is 0 Å². The van der Waals surface area contributed by atoms with Crippen LogP contribution in [-0.2, 0) is 9.47 Å². The van der Waals surface area contributed by atoms with Crippen LogP contribution in [0.15, 0.2) is 30.3 Å². The molecule has 5 nitrogen and oxygen atoms in total. The van der Waals surface area contributed by atoms with Crippen molar-refractivity contribution in [1.82, 2.24) is 0 Å². The number of carboxylic acid groups (broad SMARTS) is 1. The van der Waals surface area contributed by atoms with E-state index in [1.54, 1.807) is 30.3 Å². The van der Waals surface area contributed by atoms with Crippen molar-refractivity contribution in [3.8, 4) is 0 Å². The molecule has 0 saturated heterocycles. The molecule has 1 aromatic rings. The summed E-state index contributed by atoms with van der Waals surface area (Å²) in [5.74, 6) is -0.879. The molecular formula is C15H24O5. The first kappa shape index (κ1) is 18.6. The van der Waals surface area contributed by atoms with Crippen LogP contribution in [0.5, 0.6) is 0 Å². The number of ether oxygens (including phenoxy) is 2. The number of hydrogen-bond acceptors (Lipinski definition) is 4. The van der Waals surface area contributed by atoms with Gasteiger partial charge in [-0.3, -0.25) is 0 Å². The Kier molecular flexibility index (Phi) is 13.0. The first-order chi connectivity index (χ1) is 9.72. The summed E-state index contributed by atoms with van der Waals surface area (Å²) in [7, 11) is 0. The van der Waals surface area contributed by atoms with Gasteiger partial charge in [0.1, 0.15) is 0 Å². The average Bonchev–Trinajstić information content (AvgIpc) is 2.48. The number of hydrogen-bond donors (Lipinski definition) is 2. The maximum atomic E-state index is 10.2. The molecule has 1 rings (SSSR count). The molecule has 114 valence electrons. The maximum absolute atomic E-state index is 10.2. The van der Waals surface area contributed by atoms with Gasteiger partial charge in [-0.25, -0.2) is 4.79 Å². The van der Waals surface area contributed by atoms with Crippen molar-refractivity contribution in [3.05, 3.63) is 35.9 Å². The minimum Gasteiger partial charge on any atom is -0.478 e. The van der Waals surface area contributed by atoms with Crippen LogP contribution in [-0.4, -0.2) is 49.2 Å². The average molecular weight is 284 g/mol. The van der Waals surface area contributed by atoms with E-state index in [0.29, 0.717) is 25.4 Å². The summed E-state index contributed by atoms with van der Waals surface area (Å²) in [6.07, 6.45) is 2.28. The van der Waals surface area contributed by atoms with Crippen LogP contribution in [0, 0.1) is 0 Å². The number of aliphatic hydroxyl groups excluding tert-OH is 1. The van der Waals surface area contributed by atoms with E-state index in [1.807, 2.05) is 0 Å². The van der Waals surface area contributed by atoms with Crippen molar-refractivity contribution in [1.29, 1.82) is 0 Å². The monoisotopic (exact) mass is 284 g/mol. The van der Waals surface area contributed by atoms with Crippen LogP contribution < -0.4 is 0 Å². The van der Waals surface area contributed by atoms with Crippen molar-refractivity contribution in [2.75, 3.05) is 33.0 Å². The molecule has 2 N–H and O–H groups in total. The second-order valence-corrected chi connectivity index (χ2v) is 3.97. The number of rotatable bonds is 9. The van der Waals surface area contributed by atoms with Crippen LogP contribution >= 0.6 is 0 Å². The summed E-state index contributed by atoms with van der Waals surface area (Å²) in [5, 5.41) is 16.7. The van der Waals surface area contributed by atoms with Crippen LogP contribution in [0.4, 0.5) is 0 Å². The molecule has 0 heterocycles. The van der Waals surface area contributed by atoms with E-state index < -0.39 is 5.97 Å². The molecule has 0 amide bonds. The standard InChI is InChI=1S/C8H18O3.C7H6O2/c1-2-3-5-10-7-8-11-6-4-9;8-7(9)6-4-2-1-3-5-6/h9H,2-8H2,1H3;1-5H,(H,8,9). The summed E-state index contributed by atoms with van der Waals surface area (Å²) in [5.41, 5.74) is 0.331. The quantitative estimate of drug-likeness (QED) is 0.680. The molecule has 0 aliphatic heterocycles. The first-order valence-corrected chi connectivity index (χ1v) is 6.77. The molecule has 0 radical (unpaired) electrons. The fraction of sp³-hybridized carbons (Fsp3) is 0.533. The Hall–Kier alpha value is -1.43. The highest BCUT2D eigenvalue weighted by molar-refractivity contribution is 5.87. The third-order valence-corrected chi connectivity index (χ3v) is 2.27. The van der Waals surface area contributed by atoms with Gasteiger partial charge in [0, 0.05) is 6.61 Å². The van der Waals surface area contributed by atoms with Gasteiger partial charge in [0.15, 0.2) is 0 Å². The smallest absolute Gasteiger partial charge is 0.335 e. The molecule has 1 aromatic carbocycles. The van der Waals surface area contributed by atoms with Crippen molar-refractivity contribution < 1.29 is 24.5 Å². The molecule has 0 aliphatic rings. The highest BCUT2D eigenvalue weighted by atomic mass is 16.5. The zero-order valence-electron chi connectivity index (χ0n) is 12.0. The maximum Gasteiger partial charge on any atom is 0.335 e. The number of carboxylic acids is 1. The van der Waals surface area contributed by atoms with Crippen LogP contribution in [0.2, 0.25) is 0 Å². The Morgan fingerprint density at radius 3 is 2.10 bits per heavy atom. The van der Waals surface area contributed by atoms with Gasteiger partial charge in [0.05, 0.1) is 32.0 Å². The molecule has 0 aromatic heterocycles. The Morgan fingerprint density at radius 2 is 1.65 bits per heavy atom. The van der Waals surface area contributed by atoms with Crippen LogP contribution in [0.25, 0.3) is 0 Å². The van der Waals surface area contributed by atoms with Crippen molar-refractivity contribution >= 4 is 5.97 Å². The van der Waals surface area contributed by atoms with E-state index >= 15 is 0 Å². The van der Waals surface area contributed by atoms with Gasteiger partial charge in [-0.1, -0.05) is 31.5 Å². The zero-order valence-corrected chi connectivity index (χ0v) is 12.0. The molecule has 20 heavy (non-hydrogen) atoms. The molecule has 5 heteroatoms. The number of benzene rings is 1. The van der Waals surface area contributed by atoms with Gasteiger partial charge in [0.2, 0.25) is 0 Å². The lowest BCUT2D eigenvalue weighted by molar-refractivity contribution is 0.0324. The van der Waals surface area contributed by atoms with Gasteiger partial charge in [-0.15, -0.1) is 0 Å². The third-order valence-electron chi connectivity index (χ3n) is 2.27. The summed E-state index contributed by atoms with van der Waals surface area (Å²) >= 11 is 0. The van der Waals surface area contributed by atoms with Crippen LogP contribution in [0.1, 0.15) is 30.1 Å². The highest BCUT2D eigenvalue weighted by Crippen LogP contribution is 1.96. The molecule has 0 atom stereocenters. The topological polar surface area (TPSA) is 76.0 Å². The Balaban J connectivity index is 0.000000367. The number of aromatic carboxylic acids is 1. The lowest BCUT2D eigenvalue weighted by Gasteiger charge is -2.02. The minimum atomic E-state index is -0.879. The van der Waals surface area contributed by atoms with E-state index in [-0.39, 0.29) is 6.61 Å². The summed E-state index contributed by atoms with van der Waals surface area (Å²) < 4.78 is 10.2. The number of unbranched alkanes of at least 4 members (excludes halogenated alkanes) is 1. The molecule has 0 saturated carbocycles. The first-order valence-electron chi connectivity index (χ1n) is 6.77. The summed E-state index contributed by atoms with van der Waals surface area (Å²) in [4.78, 5) is 10.2. The highest BCUT2D eigenvalue weighted by Gasteiger charge is 1.96. The minimum absolute atomic E-state index is 0.0922. The molecule has 0 aliphatic carbocycles. The van der Waals surface area contributed by atoms with Gasteiger partial charge < -0.3 is 19.7 Å². The predicted molar refractivity (Wildman–Crippen MR) is 77.0 cm³/mol. The van der Waals surface area contributed by atoms with Crippen LogP contribution in [0.3, 0.4) is 0 Å². The zero-order chi connectivity index (χ0) is 15.1. The Bertz CT molecular complexity index is 318. The van der Waals surface area contributed by atoms with E-state index in [2.05, 4.69) is 6.92 Å².